The summed E-state index contributed by atoms with van der Waals surface area (Å²) >= 11 is 0. The predicted molar refractivity (Wildman–Crippen MR) is 68.5 cm³/mol. The lowest BCUT2D eigenvalue weighted by atomic mass is 10.2. The minimum atomic E-state index is -0.686. The van der Waals surface area contributed by atoms with Crippen molar-refractivity contribution in [3.05, 3.63) is 51.7 Å². The molecular formula is C13H9N3O4. The van der Waals surface area contributed by atoms with Crippen LogP contribution in [0.3, 0.4) is 0 Å². The van der Waals surface area contributed by atoms with Crippen molar-refractivity contribution in [2.75, 3.05) is 0 Å². The number of aromatic hydroxyl groups is 1. The first-order chi connectivity index (χ1) is 9.52. The lowest BCUT2D eigenvalue weighted by Gasteiger charge is -2.08. The summed E-state index contributed by atoms with van der Waals surface area (Å²) in [5.74, 6) is 0.459. The highest BCUT2D eigenvalue weighted by Crippen LogP contribution is 2.30. The minimum Gasteiger partial charge on any atom is -0.508 e. The maximum atomic E-state index is 10.7. The van der Waals surface area contributed by atoms with Gasteiger partial charge in [0, 0.05) is 17.7 Å². The van der Waals surface area contributed by atoms with Gasteiger partial charge in [-0.05, 0) is 19.1 Å². The van der Waals surface area contributed by atoms with Crippen LogP contribution in [0.25, 0.3) is 0 Å². The molecule has 0 fully saturated rings. The van der Waals surface area contributed by atoms with Crippen molar-refractivity contribution in [2.45, 2.75) is 6.92 Å². The van der Waals surface area contributed by atoms with Crippen LogP contribution in [0.2, 0.25) is 0 Å². The molecule has 7 nitrogen and oxygen atoms in total. The molecule has 1 heterocycles. The normalized spacial score (nSPS) is 9.80. The summed E-state index contributed by atoms with van der Waals surface area (Å²) in [6.07, 6.45) is 0. The number of ether oxygens (including phenoxy) is 1. The third kappa shape index (κ3) is 2.49. The summed E-state index contributed by atoms with van der Waals surface area (Å²) in [4.78, 5) is 13.8. The van der Waals surface area contributed by atoms with Gasteiger partial charge in [0.25, 0.3) is 0 Å². The number of phenolic OH excluding ortho intramolecular Hbond substituents is 1. The topological polar surface area (TPSA) is 109 Å². The lowest BCUT2D eigenvalue weighted by molar-refractivity contribution is -0.385. The van der Waals surface area contributed by atoms with Gasteiger partial charge in [-0.3, -0.25) is 10.1 Å². The van der Waals surface area contributed by atoms with Crippen molar-refractivity contribution in [3.8, 4) is 23.4 Å². The fourth-order valence-corrected chi connectivity index (χ4v) is 1.55. The molecule has 0 aliphatic heterocycles. The van der Waals surface area contributed by atoms with Crippen LogP contribution in [0, 0.1) is 28.4 Å². The van der Waals surface area contributed by atoms with Crippen molar-refractivity contribution in [2.24, 2.45) is 0 Å². The number of rotatable bonds is 3. The molecule has 0 bridgehead atoms. The van der Waals surface area contributed by atoms with Crippen LogP contribution >= 0.6 is 0 Å². The van der Waals surface area contributed by atoms with Crippen LogP contribution in [0.15, 0.2) is 30.3 Å². The SMILES string of the molecule is Cc1c(O)cccc1Oc1ccc([N+](=O)[O-])c(C#N)n1. The average Bonchev–Trinajstić information content (AvgIpc) is 2.43. The second-order valence-electron chi connectivity index (χ2n) is 3.89. The molecule has 0 atom stereocenters. The Morgan fingerprint density at radius 3 is 2.80 bits per heavy atom. The lowest BCUT2D eigenvalue weighted by Crippen LogP contribution is -1.97. The molecular weight excluding hydrogens is 262 g/mol. The van der Waals surface area contributed by atoms with E-state index in [4.69, 9.17) is 10.00 Å². The van der Waals surface area contributed by atoms with Gasteiger partial charge >= 0.3 is 5.69 Å². The van der Waals surface area contributed by atoms with E-state index in [9.17, 15) is 15.2 Å². The van der Waals surface area contributed by atoms with E-state index in [1.807, 2.05) is 0 Å². The zero-order valence-corrected chi connectivity index (χ0v) is 10.4. The Balaban J connectivity index is 2.38. The van der Waals surface area contributed by atoms with E-state index in [0.717, 1.165) is 6.07 Å². The van der Waals surface area contributed by atoms with Gasteiger partial charge in [-0.1, -0.05) is 6.07 Å². The zero-order valence-electron chi connectivity index (χ0n) is 10.4. The quantitative estimate of drug-likeness (QED) is 0.678. The largest absolute Gasteiger partial charge is 0.508 e. The van der Waals surface area contributed by atoms with E-state index >= 15 is 0 Å². The Kier molecular flexibility index (Phi) is 3.48. The molecule has 1 aromatic carbocycles. The number of pyridine rings is 1. The van der Waals surface area contributed by atoms with Crippen molar-refractivity contribution < 1.29 is 14.8 Å². The molecule has 0 saturated heterocycles. The molecule has 0 unspecified atom stereocenters. The van der Waals surface area contributed by atoms with Crippen LogP contribution in [0.5, 0.6) is 17.4 Å². The van der Waals surface area contributed by atoms with Gasteiger partial charge in [-0.2, -0.15) is 10.2 Å². The van der Waals surface area contributed by atoms with Crippen molar-refractivity contribution in [1.82, 2.24) is 4.98 Å². The average molecular weight is 271 g/mol. The highest BCUT2D eigenvalue weighted by molar-refractivity contribution is 5.47. The predicted octanol–water partition coefficient (Wildman–Crippen LogP) is 2.67. The highest BCUT2D eigenvalue weighted by Gasteiger charge is 2.16. The molecule has 0 amide bonds. The first kappa shape index (κ1) is 13.3. The first-order valence-electron chi connectivity index (χ1n) is 5.55. The van der Waals surface area contributed by atoms with Gasteiger partial charge in [0.2, 0.25) is 11.6 Å². The number of benzene rings is 1. The van der Waals surface area contributed by atoms with E-state index in [1.165, 1.54) is 12.1 Å². The summed E-state index contributed by atoms with van der Waals surface area (Å²) in [5, 5.41) is 29.1. The summed E-state index contributed by atoms with van der Waals surface area (Å²) in [5.41, 5.74) is -0.205. The fraction of sp³-hybridized carbons (Fsp3) is 0.0769. The molecule has 0 aliphatic carbocycles. The molecule has 2 aromatic rings. The molecule has 2 rings (SSSR count). The van der Waals surface area contributed by atoms with Gasteiger partial charge in [-0.15, -0.1) is 0 Å². The minimum absolute atomic E-state index is 0.0425. The Labute approximate surface area is 113 Å². The van der Waals surface area contributed by atoms with Crippen molar-refractivity contribution in [3.63, 3.8) is 0 Å². The third-order valence-corrected chi connectivity index (χ3v) is 2.62. The number of hydrogen-bond acceptors (Lipinski definition) is 6. The first-order valence-corrected chi connectivity index (χ1v) is 5.55. The standard InChI is InChI=1S/C13H9N3O4/c1-8-11(17)3-2-4-12(8)20-13-6-5-10(16(18)19)9(7-14)15-13/h2-6,17H,1H3. The Morgan fingerprint density at radius 1 is 1.40 bits per heavy atom. The van der Waals surface area contributed by atoms with E-state index in [1.54, 1.807) is 25.1 Å². The third-order valence-electron chi connectivity index (χ3n) is 2.62. The van der Waals surface area contributed by atoms with Gasteiger partial charge < -0.3 is 9.84 Å². The number of hydrogen-bond donors (Lipinski definition) is 1. The van der Waals surface area contributed by atoms with Crippen LogP contribution in [-0.2, 0) is 0 Å². The van der Waals surface area contributed by atoms with Gasteiger partial charge in [0.1, 0.15) is 17.6 Å². The number of nitriles is 1. The van der Waals surface area contributed by atoms with Gasteiger partial charge in [0.15, 0.2) is 0 Å². The molecule has 0 saturated carbocycles. The molecule has 100 valence electrons. The summed E-state index contributed by atoms with van der Waals surface area (Å²) in [6, 6.07) is 8.81. The Bertz CT molecular complexity index is 722. The molecule has 20 heavy (non-hydrogen) atoms. The van der Waals surface area contributed by atoms with Gasteiger partial charge in [-0.25, -0.2) is 0 Å². The second-order valence-corrected chi connectivity index (χ2v) is 3.89. The molecule has 0 aliphatic rings. The zero-order chi connectivity index (χ0) is 14.7. The molecule has 1 aromatic heterocycles. The maximum absolute atomic E-state index is 10.7. The number of nitro groups is 1. The van der Waals surface area contributed by atoms with Crippen LogP contribution < -0.4 is 4.74 Å². The van der Waals surface area contributed by atoms with E-state index in [2.05, 4.69) is 4.98 Å². The summed E-state index contributed by atoms with van der Waals surface area (Å²) < 4.78 is 5.42. The summed E-state index contributed by atoms with van der Waals surface area (Å²) in [7, 11) is 0. The highest BCUT2D eigenvalue weighted by atomic mass is 16.6. The van der Waals surface area contributed by atoms with Crippen LogP contribution in [0.4, 0.5) is 5.69 Å². The number of phenols is 1. The van der Waals surface area contributed by atoms with E-state index in [-0.39, 0.29) is 23.0 Å². The van der Waals surface area contributed by atoms with E-state index < -0.39 is 4.92 Å². The second kappa shape index (κ2) is 5.24. The van der Waals surface area contributed by atoms with Crippen LogP contribution in [0.1, 0.15) is 11.3 Å². The Morgan fingerprint density at radius 2 is 2.15 bits per heavy atom. The monoisotopic (exact) mass is 271 g/mol. The fourth-order valence-electron chi connectivity index (χ4n) is 1.55. The summed E-state index contributed by atoms with van der Waals surface area (Å²) in [6.45, 7) is 1.65. The molecule has 7 heteroatoms. The maximum Gasteiger partial charge on any atom is 0.305 e. The van der Waals surface area contributed by atoms with E-state index in [0.29, 0.717) is 11.3 Å². The smallest absolute Gasteiger partial charge is 0.305 e. The molecule has 1 N–H and O–H groups in total. The van der Waals surface area contributed by atoms with Gasteiger partial charge in [0.05, 0.1) is 4.92 Å². The molecule has 0 radical (unpaired) electrons. The molecule has 0 spiro atoms. The Hall–Kier alpha value is -3.14. The van der Waals surface area contributed by atoms with Crippen molar-refractivity contribution >= 4 is 5.69 Å². The van der Waals surface area contributed by atoms with Crippen LogP contribution in [-0.4, -0.2) is 15.0 Å². The number of nitrogens with zero attached hydrogens (tertiary/aromatic N) is 3. The number of aromatic nitrogens is 1. The van der Waals surface area contributed by atoms with Crippen molar-refractivity contribution in [1.29, 1.82) is 5.26 Å².